The van der Waals surface area contributed by atoms with Crippen molar-refractivity contribution in [2.75, 3.05) is 37.6 Å². The number of hydrogen-bond acceptors (Lipinski definition) is 11. The number of thioether (sulfide) groups is 1. The van der Waals surface area contributed by atoms with Gasteiger partial charge in [0.25, 0.3) is 0 Å². The van der Waals surface area contributed by atoms with Crippen LogP contribution < -0.4 is 19.8 Å². The molecule has 3 unspecified atom stereocenters. The molecule has 194 valence electrons. The Balaban J connectivity index is 1.13. The largest absolute Gasteiger partial charge is 0.496 e. The van der Waals surface area contributed by atoms with Gasteiger partial charge in [-0.1, -0.05) is 0 Å². The fourth-order valence-electron chi connectivity index (χ4n) is 5.04. The third-order valence-corrected chi connectivity index (χ3v) is 9.05. The van der Waals surface area contributed by atoms with Crippen LogP contribution in [0.2, 0.25) is 0 Å². The predicted octanol–water partition coefficient (Wildman–Crippen LogP) is 4.60. The molecule has 3 aliphatic heterocycles. The number of imidazole rings is 1. The highest BCUT2D eigenvalue weighted by Crippen LogP contribution is 2.39. The van der Waals surface area contributed by atoms with Gasteiger partial charge >= 0.3 is 0 Å². The van der Waals surface area contributed by atoms with Crippen molar-refractivity contribution in [1.82, 2.24) is 14.6 Å². The van der Waals surface area contributed by atoms with E-state index in [0.717, 1.165) is 57.9 Å². The third-order valence-electron chi connectivity index (χ3n) is 6.97. The Labute approximate surface area is 221 Å². The summed E-state index contributed by atoms with van der Waals surface area (Å²) in [4.78, 5) is 13.2. The molecule has 0 amide bonds. The van der Waals surface area contributed by atoms with Crippen LogP contribution in [0.4, 0.5) is 5.13 Å². The van der Waals surface area contributed by atoms with Gasteiger partial charge in [-0.2, -0.15) is 0 Å². The number of hydrogen-bond donors (Lipinski definition) is 1. The first-order valence-corrected chi connectivity index (χ1v) is 13.9. The van der Waals surface area contributed by atoms with E-state index in [0.29, 0.717) is 41.7 Å². The summed E-state index contributed by atoms with van der Waals surface area (Å²) >= 11 is 3.23. The average molecular weight is 542 g/mol. The second-order valence-electron chi connectivity index (χ2n) is 9.39. The van der Waals surface area contributed by atoms with Gasteiger partial charge in [0.2, 0.25) is 0 Å². The van der Waals surface area contributed by atoms with E-state index in [9.17, 15) is 0 Å². The smallest absolute Gasteiger partial charge is 0.196 e. The standard InChI is InChI=1S/C25H27N5O5S2/c1-13-19(27-23(36-13)29-9-14-4-5-15(10-29)34-14)12-33-20-6-16(31-2)7-21-17(20)8-22(35-21)18-11-30-24(26-18)37-25(28-30)32-3/h6-8,11,14-15,25,28H,4-5,9-10,12H2,1-3H3. The lowest BCUT2D eigenvalue weighted by molar-refractivity contribution is 0.0304. The number of rotatable bonds is 7. The predicted molar refractivity (Wildman–Crippen MR) is 141 cm³/mol. The Morgan fingerprint density at radius 3 is 2.73 bits per heavy atom. The number of anilines is 1. The summed E-state index contributed by atoms with van der Waals surface area (Å²) in [7, 11) is 3.29. The van der Waals surface area contributed by atoms with Gasteiger partial charge in [-0.05, 0) is 37.6 Å². The van der Waals surface area contributed by atoms with Gasteiger partial charge in [0.1, 0.15) is 29.4 Å². The summed E-state index contributed by atoms with van der Waals surface area (Å²) in [6, 6.07) is 5.71. The zero-order valence-electron chi connectivity index (χ0n) is 20.7. The van der Waals surface area contributed by atoms with Gasteiger partial charge in [-0.3, -0.25) is 5.43 Å². The lowest BCUT2D eigenvalue weighted by Crippen LogP contribution is -2.42. The number of aryl methyl sites for hydroxylation is 1. The van der Waals surface area contributed by atoms with Gasteiger partial charge in [0, 0.05) is 37.2 Å². The molecule has 1 N–H and O–H groups in total. The molecule has 3 atom stereocenters. The number of methoxy groups -OCH3 is 2. The number of morpholine rings is 1. The van der Waals surface area contributed by atoms with Crippen LogP contribution in [-0.2, 0) is 16.1 Å². The van der Waals surface area contributed by atoms with Crippen LogP contribution in [0.3, 0.4) is 0 Å². The Morgan fingerprint density at radius 2 is 1.97 bits per heavy atom. The fourth-order valence-corrected chi connectivity index (χ4v) is 6.79. The van der Waals surface area contributed by atoms with Gasteiger partial charge < -0.3 is 28.3 Å². The molecule has 2 saturated heterocycles. The molecule has 2 fully saturated rings. The van der Waals surface area contributed by atoms with Crippen molar-refractivity contribution in [3.63, 3.8) is 0 Å². The van der Waals surface area contributed by atoms with Gasteiger partial charge in [0.15, 0.2) is 21.6 Å². The van der Waals surface area contributed by atoms with E-state index in [1.807, 2.05) is 29.1 Å². The van der Waals surface area contributed by atoms with Crippen LogP contribution in [0.1, 0.15) is 23.4 Å². The van der Waals surface area contributed by atoms with Crippen LogP contribution in [0.15, 0.2) is 34.0 Å². The number of benzene rings is 1. The molecule has 3 aliphatic rings. The summed E-state index contributed by atoms with van der Waals surface area (Å²) in [6.45, 7) is 4.29. The van der Waals surface area contributed by atoms with Gasteiger partial charge in [-0.15, -0.1) is 11.3 Å². The van der Waals surface area contributed by atoms with Crippen molar-refractivity contribution in [2.45, 2.75) is 49.3 Å². The second-order valence-corrected chi connectivity index (χ2v) is 11.6. The molecule has 10 nitrogen and oxygen atoms in total. The minimum Gasteiger partial charge on any atom is -0.496 e. The Hall–Kier alpha value is -2.93. The molecule has 0 spiro atoms. The molecular weight excluding hydrogens is 514 g/mol. The summed E-state index contributed by atoms with van der Waals surface area (Å²) in [5, 5.41) is 2.73. The molecule has 37 heavy (non-hydrogen) atoms. The maximum absolute atomic E-state index is 6.33. The maximum atomic E-state index is 6.33. The Kier molecular flexibility index (Phi) is 5.72. The highest BCUT2D eigenvalue weighted by Gasteiger charge is 2.35. The highest BCUT2D eigenvalue weighted by atomic mass is 32.2. The Bertz CT molecular complexity index is 1430. The lowest BCUT2D eigenvalue weighted by Gasteiger charge is -2.31. The fraction of sp³-hybridized carbons (Fsp3) is 0.440. The van der Waals surface area contributed by atoms with Crippen molar-refractivity contribution < 1.29 is 23.4 Å². The molecule has 1 aromatic carbocycles. The monoisotopic (exact) mass is 541 g/mol. The quantitative estimate of drug-likeness (QED) is 0.358. The van der Waals surface area contributed by atoms with Gasteiger partial charge in [-0.25, -0.2) is 14.6 Å². The number of nitrogens with zero attached hydrogens (tertiary/aromatic N) is 4. The summed E-state index contributed by atoms with van der Waals surface area (Å²) in [5.74, 6) is 2.00. The van der Waals surface area contributed by atoms with Crippen LogP contribution in [0, 0.1) is 6.92 Å². The number of ether oxygens (including phenoxy) is 4. The number of nitrogens with one attached hydrogen (secondary N) is 1. The van der Waals surface area contributed by atoms with Crippen molar-refractivity contribution in [3.05, 3.63) is 35.0 Å². The molecule has 2 bridgehead atoms. The first-order chi connectivity index (χ1) is 18.1. The van der Waals surface area contributed by atoms with Crippen LogP contribution >= 0.6 is 23.1 Å². The average Bonchev–Trinajstić information content (AvgIpc) is 3.70. The summed E-state index contributed by atoms with van der Waals surface area (Å²) in [5.41, 5.74) is 5.40. The SMILES string of the molecule is COc1cc(OCc2nc(N3CC4CCC(C3)O4)sc2C)c2cc(-c3cn4c(n3)SC(OC)N4)oc2c1. The first kappa shape index (κ1) is 23.2. The molecule has 4 aromatic rings. The van der Waals surface area contributed by atoms with E-state index in [2.05, 4.69) is 22.2 Å². The van der Waals surface area contributed by atoms with E-state index in [-0.39, 0.29) is 5.56 Å². The van der Waals surface area contributed by atoms with Crippen LogP contribution in [0.25, 0.3) is 22.4 Å². The van der Waals surface area contributed by atoms with Crippen LogP contribution in [-0.4, -0.2) is 59.7 Å². The number of aromatic nitrogens is 3. The summed E-state index contributed by atoms with van der Waals surface area (Å²) < 4.78 is 31.2. The zero-order chi connectivity index (χ0) is 25.1. The van der Waals surface area contributed by atoms with Crippen LogP contribution in [0.5, 0.6) is 11.5 Å². The molecule has 7 rings (SSSR count). The molecule has 6 heterocycles. The lowest BCUT2D eigenvalue weighted by atomic mass is 10.2. The molecule has 3 aromatic heterocycles. The van der Waals surface area contributed by atoms with E-state index in [4.69, 9.17) is 28.3 Å². The molecule has 0 saturated carbocycles. The number of fused-ring (bicyclic) bond motifs is 4. The normalized spacial score (nSPS) is 22.5. The molecule has 0 radical (unpaired) electrons. The zero-order valence-corrected chi connectivity index (χ0v) is 22.4. The highest BCUT2D eigenvalue weighted by molar-refractivity contribution is 7.99. The molecule has 0 aliphatic carbocycles. The topological polar surface area (TPSA) is 96.0 Å². The molecule has 12 heteroatoms. The van der Waals surface area contributed by atoms with E-state index in [1.165, 1.54) is 11.8 Å². The summed E-state index contributed by atoms with van der Waals surface area (Å²) in [6.07, 6.45) is 4.84. The maximum Gasteiger partial charge on any atom is 0.196 e. The number of furan rings is 1. The van der Waals surface area contributed by atoms with Crippen molar-refractivity contribution >= 4 is 39.2 Å². The second kappa shape index (κ2) is 9.12. The number of thiazole rings is 1. The first-order valence-electron chi connectivity index (χ1n) is 12.2. The van der Waals surface area contributed by atoms with E-state index < -0.39 is 0 Å². The van der Waals surface area contributed by atoms with Crippen molar-refractivity contribution in [3.8, 4) is 23.0 Å². The molecular formula is C25H27N5O5S2. The van der Waals surface area contributed by atoms with E-state index in [1.54, 1.807) is 25.6 Å². The van der Waals surface area contributed by atoms with E-state index >= 15 is 0 Å². The van der Waals surface area contributed by atoms with Crippen molar-refractivity contribution in [1.29, 1.82) is 0 Å². The van der Waals surface area contributed by atoms with Crippen molar-refractivity contribution in [2.24, 2.45) is 0 Å². The Morgan fingerprint density at radius 1 is 1.14 bits per heavy atom. The minimum atomic E-state index is -0.149. The van der Waals surface area contributed by atoms with Gasteiger partial charge in [0.05, 0.1) is 36.6 Å². The third kappa shape index (κ3) is 4.21. The minimum absolute atomic E-state index is 0.149.